The Hall–Kier alpha value is -5.53. The lowest BCUT2D eigenvalue weighted by atomic mass is 9.49. The maximum Gasteiger partial charge on any atom is 0.251 e. The number of hydrogen-bond donors (Lipinski definition) is 4. The number of ether oxygens (including phenoxy) is 2. The van der Waals surface area contributed by atoms with Gasteiger partial charge in [-0.15, -0.1) is 11.3 Å². The van der Waals surface area contributed by atoms with E-state index in [4.69, 9.17) is 21.1 Å². The number of carbonyl (C=O) groups is 4. The molecule has 3 aliphatic rings. The number of carbonyl (C=O) groups excluding carboxylic acids is 4. The SMILES string of the molecule is Cc1ncsc1-c1ccc(C(C)NC(=O)[C@@H]2C[C@@H](O)CN2C(=O)C(NC(=O)COCC2CCN(c3ccc(C(=O)N[C@H]4C(C)(C)[C@H](Oc5ccc(C#N)c(Cl)c5)C4(C)C)cc3)CC2)C(C)(C)C)cc1. The van der Waals surface area contributed by atoms with Crippen LogP contribution in [-0.4, -0.2) is 102 Å². The number of β-amino-alcohol motifs (C(OH)–C–C–N with tert-alkyl or cyclic N) is 1. The van der Waals surface area contributed by atoms with E-state index in [-0.39, 0.29) is 66.3 Å². The molecule has 4 atom stereocenters. The Morgan fingerprint density at radius 2 is 1.65 bits per heavy atom. The predicted octanol–water partition coefficient (Wildman–Crippen LogP) is 7.86. The van der Waals surface area contributed by atoms with Gasteiger partial charge in [-0.25, -0.2) is 4.98 Å². The van der Waals surface area contributed by atoms with Gasteiger partial charge in [-0.1, -0.05) is 84.3 Å². The highest BCUT2D eigenvalue weighted by atomic mass is 35.5. The Labute approximate surface area is 415 Å². The third kappa shape index (κ3) is 11.4. The summed E-state index contributed by atoms with van der Waals surface area (Å²) in [6.07, 6.45) is 0.722. The summed E-state index contributed by atoms with van der Waals surface area (Å²) < 4.78 is 12.3. The molecule has 2 unspecified atom stereocenters. The number of likely N-dealkylation sites (tertiary alicyclic amines) is 1. The monoisotopic (exact) mass is 979 g/mol. The molecule has 2 saturated heterocycles. The molecule has 14 nitrogen and oxygen atoms in total. The highest BCUT2D eigenvalue weighted by Gasteiger charge is 2.64. The molecule has 7 rings (SSSR count). The van der Waals surface area contributed by atoms with E-state index in [1.54, 1.807) is 29.5 Å². The smallest absolute Gasteiger partial charge is 0.251 e. The molecule has 69 heavy (non-hydrogen) atoms. The third-order valence-corrected chi connectivity index (χ3v) is 15.5. The number of hydrogen-bond acceptors (Lipinski definition) is 11. The summed E-state index contributed by atoms with van der Waals surface area (Å²) in [6, 6.07) is 20.4. The van der Waals surface area contributed by atoms with Crippen molar-refractivity contribution in [3.05, 3.63) is 99.6 Å². The van der Waals surface area contributed by atoms with E-state index in [9.17, 15) is 29.5 Å². The molecule has 0 radical (unpaired) electrons. The molecule has 4 N–H and O–H groups in total. The molecule has 1 saturated carbocycles. The van der Waals surface area contributed by atoms with Gasteiger partial charge in [0.15, 0.2) is 0 Å². The van der Waals surface area contributed by atoms with Crippen LogP contribution in [0.2, 0.25) is 5.02 Å². The predicted molar refractivity (Wildman–Crippen MR) is 268 cm³/mol. The van der Waals surface area contributed by atoms with Gasteiger partial charge in [-0.3, -0.25) is 19.2 Å². The molecular weight excluding hydrogens is 914 g/mol. The van der Waals surface area contributed by atoms with Crippen molar-refractivity contribution >= 4 is 52.3 Å². The number of nitriles is 1. The first kappa shape index (κ1) is 51.3. The van der Waals surface area contributed by atoms with Crippen LogP contribution in [-0.2, 0) is 19.1 Å². The van der Waals surface area contributed by atoms with Crippen molar-refractivity contribution in [2.24, 2.45) is 22.2 Å². The quantitative estimate of drug-likeness (QED) is 0.0914. The van der Waals surface area contributed by atoms with Gasteiger partial charge in [-0.2, -0.15) is 5.26 Å². The van der Waals surface area contributed by atoms with Crippen LogP contribution in [0, 0.1) is 40.4 Å². The van der Waals surface area contributed by atoms with E-state index in [1.165, 1.54) is 4.90 Å². The first-order valence-corrected chi connectivity index (χ1v) is 25.0. The summed E-state index contributed by atoms with van der Waals surface area (Å²) in [6.45, 7) is 19.5. The number of anilines is 1. The van der Waals surface area contributed by atoms with Crippen LogP contribution in [0.5, 0.6) is 5.75 Å². The third-order valence-electron chi connectivity index (χ3n) is 14.2. The van der Waals surface area contributed by atoms with Crippen molar-refractivity contribution in [2.75, 3.05) is 37.7 Å². The van der Waals surface area contributed by atoms with E-state index in [0.717, 1.165) is 53.3 Å². The number of benzene rings is 3. The lowest BCUT2D eigenvalue weighted by molar-refractivity contribution is -0.164. The number of aliphatic hydroxyl groups is 1. The zero-order chi connectivity index (χ0) is 50.0. The van der Waals surface area contributed by atoms with Gasteiger partial charge in [0.2, 0.25) is 17.7 Å². The topological polar surface area (TPSA) is 186 Å². The summed E-state index contributed by atoms with van der Waals surface area (Å²) in [5, 5.41) is 29.4. The van der Waals surface area contributed by atoms with Crippen molar-refractivity contribution in [3.8, 4) is 22.3 Å². The average Bonchev–Trinajstić information content (AvgIpc) is 3.93. The number of thiazole rings is 1. The number of aryl methyl sites for hydroxylation is 1. The molecule has 1 aliphatic carbocycles. The van der Waals surface area contributed by atoms with Gasteiger partial charge in [0.05, 0.1) is 45.4 Å². The maximum atomic E-state index is 14.2. The zero-order valence-corrected chi connectivity index (χ0v) is 42.7. The Morgan fingerprint density at radius 1 is 0.986 bits per heavy atom. The standard InChI is InChI=1S/C53H66ClN7O7S/c1-31(34-10-12-35(13-11-34)44-32(2)56-30-69-44)57-47(65)42-24-39(62)27-61(42)48(66)45(51(3,4)5)58-43(63)29-67-28-33-20-22-60(23-21-33)38-17-14-36(15-18-38)46(64)59-49-52(6,7)50(53(49,8)9)68-40-19-16-37(26-55)41(54)25-40/h10-19,25,30-31,33,39,42,45,49-50,62H,20-24,27-29H2,1-9H3,(H,57,65)(H,58,63)(H,59,64)/t31?,39-,42+,45?,49-,50-/m1/s1. The Kier molecular flexibility index (Phi) is 15.5. The van der Waals surface area contributed by atoms with E-state index < -0.39 is 35.4 Å². The minimum atomic E-state index is -0.958. The van der Waals surface area contributed by atoms with Gasteiger partial charge in [-0.05, 0) is 85.5 Å². The number of rotatable bonds is 15. The maximum absolute atomic E-state index is 14.2. The fourth-order valence-electron chi connectivity index (χ4n) is 10.5. The molecule has 16 heteroatoms. The lowest BCUT2D eigenvalue weighted by Crippen LogP contribution is -2.74. The van der Waals surface area contributed by atoms with E-state index in [0.29, 0.717) is 28.5 Å². The molecule has 4 aromatic rings. The van der Waals surface area contributed by atoms with Gasteiger partial charge >= 0.3 is 0 Å². The van der Waals surface area contributed by atoms with Crippen molar-refractivity contribution in [1.82, 2.24) is 25.8 Å². The highest BCUT2D eigenvalue weighted by molar-refractivity contribution is 7.13. The van der Waals surface area contributed by atoms with Crippen LogP contribution in [0.25, 0.3) is 10.4 Å². The first-order valence-electron chi connectivity index (χ1n) is 23.8. The Morgan fingerprint density at radius 3 is 2.25 bits per heavy atom. The number of aromatic nitrogens is 1. The number of nitrogens with zero attached hydrogens (tertiary/aromatic N) is 4. The minimum absolute atomic E-state index is 0.0141. The number of nitrogens with one attached hydrogen (secondary N) is 3. The molecule has 3 heterocycles. The van der Waals surface area contributed by atoms with E-state index in [1.807, 2.05) is 88.7 Å². The fourth-order valence-corrected chi connectivity index (χ4v) is 11.6. The second-order valence-electron chi connectivity index (χ2n) is 21.2. The van der Waals surface area contributed by atoms with Crippen LogP contribution in [0.1, 0.15) is 108 Å². The largest absolute Gasteiger partial charge is 0.489 e. The van der Waals surface area contributed by atoms with E-state index in [2.05, 4.69) is 59.6 Å². The average molecular weight is 981 g/mol. The normalized spacial score (nSPS) is 21.9. The molecule has 3 aromatic carbocycles. The number of piperidine rings is 1. The fraction of sp³-hybridized carbons (Fsp3) is 0.509. The molecule has 3 fully saturated rings. The molecule has 1 aromatic heterocycles. The summed E-state index contributed by atoms with van der Waals surface area (Å²) in [5.74, 6) is -0.555. The Balaban J connectivity index is 0.850. The van der Waals surface area contributed by atoms with Crippen molar-refractivity contribution in [2.45, 2.75) is 118 Å². The summed E-state index contributed by atoms with van der Waals surface area (Å²) in [4.78, 5) is 63.9. The van der Waals surface area contributed by atoms with Crippen molar-refractivity contribution in [3.63, 3.8) is 0 Å². The molecular formula is C53H66ClN7O7S. The molecule has 368 valence electrons. The van der Waals surface area contributed by atoms with E-state index >= 15 is 0 Å². The van der Waals surface area contributed by atoms with Crippen LogP contribution in [0.3, 0.4) is 0 Å². The van der Waals surface area contributed by atoms with Crippen molar-refractivity contribution in [1.29, 1.82) is 5.26 Å². The first-order chi connectivity index (χ1) is 32.6. The van der Waals surface area contributed by atoms with Crippen LogP contribution in [0.4, 0.5) is 5.69 Å². The summed E-state index contributed by atoms with van der Waals surface area (Å²) in [5.41, 5.74) is 5.25. The van der Waals surface area contributed by atoms with Gasteiger partial charge in [0.25, 0.3) is 5.91 Å². The van der Waals surface area contributed by atoms with Crippen molar-refractivity contribution < 1.29 is 33.8 Å². The van der Waals surface area contributed by atoms with Crippen LogP contribution < -0.4 is 25.6 Å². The van der Waals surface area contributed by atoms with Crippen LogP contribution >= 0.6 is 22.9 Å². The number of halogens is 1. The number of aliphatic hydroxyl groups excluding tert-OH is 1. The van der Waals surface area contributed by atoms with Crippen LogP contribution in [0.15, 0.2) is 72.2 Å². The van der Waals surface area contributed by atoms with Gasteiger partial charge in [0, 0.05) is 60.2 Å². The van der Waals surface area contributed by atoms with Gasteiger partial charge < -0.3 is 40.3 Å². The minimum Gasteiger partial charge on any atom is -0.489 e. The summed E-state index contributed by atoms with van der Waals surface area (Å²) >= 11 is 7.84. The summed E-state index contributed by atoms with van der Waals surface area (Å²) in [7, 11) is 0. The lowest BCUT2D eigenvalue weighted by Gasteiger charge is -2.63. The molecule has 0 spiro atoms. The molecule has 4 amide bonds. The Bertz CT molecular complexity index is 2530. The van der Waals surface area contributed by atoms with Gasteiger partial charge in [0.1, 0.15) is 36.6 Å². The molecule has 2 aliphatic heterocycles. The number of amides is 4. The zero-order valence-electron chi connectivity index (χ0n) is 41.1. The second kappa shape index (κ2) is 20.8. The molecule has 0 bridgehead atoms. The second-order valence-corrected chi connectivity index (χ2v) is 22.4. The highest BCUT2D eigenvalue weighted by Crippen LogP contribution is 2.55.